The average molecular weight is 444 g/mol. The fourth-order valence-corrected chi connectivity index (χ4v) is 4.93. The zero-order valence-electron chi connectivity index (χ0n) is 14.8. The molecule has 146 valence electrons. The van der Waals surface area contributed by atoms with Crippen molar-refractivity contribution in [3.63, 3.8) is 0 Å². The van der Waals surface area contributed by atoms with E-state index in [1.807, 2.05) is 0 Å². The Balaban J connectivity index is 1.61. The summed E-state index contributed by atoms with van der Waals surface area (Å²) in [5.74, 6) is -0.471. The van der Waals surface area contributed by atoms with Crippen molar-refractivity contribution in [2.45, 2.75) is 4.90 Å². The smallest absolute Gasteiger partial charge is 0.261 e. The summed E-state index contributed by atoms with van der Waals surface area (Å²) in [6.45, 7) is 0. The lowest BCUT2D eigenvalue weighted by Crippen LogP contribution is -2.18. The molecular weight excluding hydrogens is 430 g/mol. The predicted molar refractivity (Wildman–Crippen MR) is 116 cm³/mol. The van der Waals surface area contributed by atoms with Crippen molar-refractivity contribution >= 4 is 59.9 Å². The second kappa shape index (κ2) is 7.82. The molecule has 0 aliphatic rings. The first-order valence-corrected chi connectivity index (χ1v) is 11.1. The minimum absolute atomic E-state index is 0.110. The number of thiazole rings is 1. The van der Waals surface area contributed by atoms with Gasteiger partial charge in [-0.2, -0.15) is 0 Å². The number of anilines is 2. The van der Waals surface area contributed by atoms with E-state index in [1.165, 1.54) is 29.5 Å². The fourth-order valence-electron chi connectivity index (χ4n) is 2.69. The molecule has 0 bridgehead atoms. The number of sulfonamides is 1. The summed E-state index contributed by atoms with van der Waals surface area (Å²) in [6, 6.07) is 19.6. The van der Waals surface area contributed by atoms with Crippen molar-refractivity contribution in [2.24, 2.45) is 0 Å². The average Bonchev–Trinajstić information content (AvgIpc) is 3.10. The molecule has 2 N–H and O–H groups in total. The molecule has 0 saturated heterocycles. The summed E-state index contributed by atoms with van der Waals surface area (Å²) in [7, 11) is -3.83. The van der Waals surface area contributed by atoms with Gasteiger partial charge < -0.3 is 0 Å². The van der Waals surface area contributed by atoms with Gasteiger partial charge >= 0.3 is 0 Å². The molecule has 9 heteroatoms. The molecular formula is C20H14ClN3O3S2. The summed E-state index contributed by atoms with van der Waals surface area (Å²) in [4.78, 5) is 17.3. The lowest BCUT2D eigenvalue weighted by atomic mass is 10.2. The van der Waals surface area contributed by atoms with Crippen LogP contribution in [0, 0.1) is 0 Å². The second-order valence-electron chi connectivity index (χ2n) is 6.05. The lowest BCUT2D eigenvalue weighted by Gasteiger charge is -2.12. The van der Waals surface area contributed by atoms with E-state index in [-0.39, 0.29) is 16.1 Å². The SMILES string of the molecule is O=C(Nc1nc2ccc(Cl)cc2s1)c1ccccc1NS(=O)(=O)c1ccccc1. The van der Waals surface area contributed by atoms with Crippen LogP contribution in [-0.2, 0) is 10.0 Å². The Kier molecular flexibility index (Phi) is 5.23. The molecule has 1 aromatic heterocycles. The Labute approximate surface area is 176 Å². The molecule has 0 radical (unpaired) electrons. The highest BCUT2D eigenvalue weighted by molar-refractivity contribution is 7.92. The van der Waals surface area contributed by atoms with Crippen LogP contribution in [0.5, 0.6) is 0 Å². The number of hydrogen-bond donors (Lipinski definition) is 2. The van der Waals surface area contributed by atoms with Crippen molar-refractivity contribution in [3.05, 3.63) is 83.4 Å². The fraction of sp³-hybridized carbons (Fsp3) is 0. The van der Waals surface area contributed by atoms with Gasteiger partial charge in [0, 0.05) is 5.02 Å². The van der Waals surface area contributed by atoms with Crippen molar-refractivity contribution in [1.29, 1.82) is 0 Å². The largest absolute Gasteiger partial charge is 0.298 e. The first kappa shape index (κ1) is 19.4. The number of benzene rings is 3. The zero-order chi connectivity index (χ0) is 20.4. The second-order valence-corrected chi connectivity index (χ2v) is 9.20. The number of rotatable bonds is 5. The van der Waals surface area contributed by atoms with Crippen LogP contribution < -0.4 is 10.0 Å². The first-order valence-electron chi connectivity index (χ1n) is 8.47. The van der Waals surface area contributed by atoms with E-state index in [0.29, 0.717) is 15.7 Å². The third-order valence-electron chi connectivity index (χ3n) is 4.04. The first-order chi connectivity index (χ1) is 13.9. The van der Waals surface area contributed by atoms with Gasteiger partial charge in [0.2, 0.25) is 0 Å². The Morgan fingerprint density at radius 2 is 1.69 bits per heavy atom. The summed E-state index contributed by atoms with van der Waals surface area (Å²) in [5, 5.41) is 3.70. The number of hydrogen-bond acceptors (Lipinski definition) is 5. The van der Waals surface area contributed by atoms with E-state index in [2.05, 4.69) is 15.0 Å². The highest BCUT2D eigenvalue weighted by Crippen LogP contribution is 2.29. The Hall–Kier alpha value is -2.94. The molecule has 29 heavy (non-hydrogen) atoms. The highest BCUT2D eigenvalue weighted by atomic mass is 35.5. The predicted octanol–water partition coefficient (Wildman–Crippen LogP) is 5.00. The number of halogens is 1. The summed E-state index contributed by atoms with van der Waals surface area (Å²) in [6.07, 6.45) is 0. The Morgan fingerprint density at radius 1 is 0.966 bits per heavy atom. The van der Waals surface area contributed by atoms with Crippen LogP contribution in [0.3, 0.4) is 0 Å². The molecule has 1 heterocycles. The minimum atomic E-state index is -3.83. The van der Waals surface area contributed by atoms with Gasteiger partial charge in [-0.15, -0.1) is 0 Å². The van der Waals surface area contributed by atoms with Gasteiger partial charge in [-0.3, -0.25) is 14.8 Å². The van der Waals surface area contributed by atoms with Gasteiger partial charge in [-0.05, 0) is 42.5 Å². The van der Waals surface area contributed by atoms with Gasteiger partial charge in [0.1, 0.15) is 0 Å². The topological polar surface area (TPSA) is 88.2 Å². The molecule has 0 spiro atoms. The van der Waals surface area contributed by atoms with E-state index in [4.69, 9.17) is 11.6 Å². The summed E-state index contributed by atoms with van der Waals surface area (Å²) in [5.41, 5.74) is 1.08. The van der Waals surface area contributed by atoms with Crippen LogP contribution in [0.15, 0.2) is 77.7 Å². The van der Waals surface area contributed by atoms with Crippen molar-refractivity contribution in [2.75, 3.05) is 10.0 Å². The maximum absolute atomic E-state index is 12.8. The molecule has 0 atom stereocenters. The monoisotopic (exact) mass is 443 g/mol. The summed E-state index contributed by atoms with van der Waals surface area (Å²) < 4.78 is 28.6. The standard InChI is InChI=1S/C20H14ClN3O3S2/c21-13-10-11-17-18(12-13)28-20(22-17)23-19(25)15-8-4-5-9-16(15)24-29(26,27)14-6-2-1-3-7-14/h1-12,24H,(H,22,23,25). The molecule has 0 fully saturated rings. The van der Waals surface area contributed by atoms with Crippen LogP contribution in [0.2, 0.25) is 5.02 Å². The summed E-state index contributed by atoms with van der Waals surface area (Å²) >= 11 is 7.27. The van der Waals surface area contributed by atoms with E-state index in [9.17, 15) is 13.2 Å². The van der Waals surface area contributed by atoms with E-state index >= 15 is 0 Å². The van der Waals surface area contributed by atoms with Crippen molar-refractivity contribution in [1.82, 2.24) is 4.98 Å². The van der Waals surface area contributed by atoms with Crippen molar-refractivity contribution in [3.8, 4) is 0 Å². The molecule has 0 saturated carbocycles. The molecule has 0 aliphatic heterocycles. The molecule has 4 aromatic rings. The molecule has 3 aromatic carbocycles. The lowest BCUT2D eigenvalue weighted by molar-refractivity contribution is 0.102. The normalized spacial score (nSPS) is 11.3. The van der Waals surface area contributed by atoms with E-state index in [0.717, 1.165) is 4.70 Å². The zero-order valence-corrected chi connectivity index (χ0v) is 17.2. The number of nitrogens with zero attached hydrogens (tertiary/aromatic N) is 1. The molecule has 1 amide bonds. The molecule has 4 rings (SSSR count). The number of fused-ring (bicyclic) bond motifs is 1. The number of aromatic nitrogens is 1. The maximum Gasteiger partial charge on any atom is 0.261 e. The van der Waals surface area contributed by atoms with Gasteiger partial charge in [0.25, 0.3) is 15.9 Å². The number of carbonyl (C=O) groups excluding carboxylic acids is 1. The van der Waals surface area contributed by atoms with E-state index < -0.39 is 15.9 Å². The van der Waals surface area contributed by atoms with Gasteiger partial charge in [-0.1, -0.05) is 53.3 Å². The number of amides is 1. The van der Waals surface area contributed by atoms with Crippen molar-refractivity contribution < 1.29 is 13.2 Å². The van der Waals surface area contributed by atoms with Gasteiger partial charge in [0.15, 0.2) is 5.13 Å². The molecule has 0 aliphatic carbocycles. The third kappa shape index (κ3) is 4.24. The number of carbonyl (C=O) groups is 1. The Morgan fingerprint density at radius 3 is 2.48 bits per heavy atom. The van der Waals surface area contributed by atoms with Crippen LogP contribution in [-0.4, -0.2) is 19.3 Å². The number of nitrogens with one attached hydrogen (secondary N) is 2. The Bertz CT molecular complexity index is 1310. The molecule has 6 nitrogen and oxygen atoms in total. The minimum Gasteiger partial charge on any atom is -0.298 e. The number of para-hydroxylation sites is 1. The maximum atomic E-state index is 12.8. The van der Waals surface area contributed by atoms with Crippen LogP contribution in [0.25, 0.3) is 10.2 Å². The van der Waals surface area contributed by atoms with Gasteiger partial charge in [0.05, 0.1) is 26.4 Å². The van der Waals surface area contributed by atoms with Gasteiger partial charge in [-0.25, -0.2) is 13.4 Å². The van der Waals surface area contributed by atoms with Crippen LogP contribution >= 0.6 is 22.9 Å². The molecule has 0 unspecified atom stereocenters. The highest BCUT2D eigenvalue weighted by Gasteiger charge is 2.19. The van der Waals surface area contributed by atoms with Crippen LogP contribution in [0.1, 0.15) is 10.4 Å². The third-order valence-corrected chi connectivity index (χ3v) is 6.59. The van der Waals surface area contributed by atoms with Crippen LogP contribution in [0.4, 0.5) is 10.8 Å². The van der Waals surface area contributed by atoms with E-state index in [1.54, 1.807) is 54.6 Å². The quantitative estimate of drug-likeness (QED) is 0.454.